The van der Waals surface area contributed by atoms with Gasteiger partial charge in [-0.1, -0.05) is 6.08 Å². The van der Waals surface area contributed by atoms with E-state index in [4.69, 9.17) is 0 Å². The van der Waals surface area contributed by atoms with Crippen LogP contribution in [0, 0.1) is 0 Å². The number of hydrogen-bond acceptors (Lipinski definition) is 6. The first-order chi connectivity index (χ1) is 7.83. The molecule has 0 saturated carbocycles. The van der Waals surface area contributed by atoms with Gasteiger partial charge in [-0.3, -0.25) is 15.6 Å². The van der Waals surface area contributed by atoms with E-state index in [1.807, 2.05) is 6.08 Å². The first-order valence-corrected chi connectivity index (χ1v) is 5.84. The van der Waals surface area contributed by atoms with Crippen LogP contribution in [0.25, 0.3) is 0 Å². The molecule has 7 heteroatoms. The fourth-order valence-electron chi connectivity index (χ4n) is 0.823. The van der Waals surface area contributed by atoms with Gasteiger partial charge in [0.1, 0.15) is 12.7 Å². The Balaban J connectivity index is 2.13. The Morgan fingerprint density at radius 1 is 1.50 bits per heavy atom. The van der Waals surface area contributed by atoms with Crippen LogP contribution < -0.4 is 10.9 Å². The Bertz CT molecular complexity index is 332. The van der Waals surface area contributed by atoms with Crippen molar-refractivity contribution in [2.75, 3.05) is 16.9 Å². The zero-order chi connectivity index (χ0) is 11.6. The molecule has 16 heavy (non-hydrogen) atoms. The zero-order valence-corrected chi connectivity index (χ0v) is 9.54. The van der Waals surface area contributed by atoms with E-state index in [0.717, 1.165) is 11.5 Å². The molecule has 86 valence electrons. The summed E-state index contributed by atoms with van der Waals surface area (Å²) < 4.78 is 0. The summed E-state index contributed by atoms with van der Waals surface area (Å²) in [5, 5.41) is 0. The number of carbonyl (C=O) groups excluding carboxylic acids is 1. The highest BCUT2D eigenvalue weighted by Crippen LogP contribution is 2.01. The van der Waals surface area contributed by atoms with Crippen LogP contribution >= 0.6 is 11.8 Å². The van der Waals surface area contributed by atoms with Gasteiger partial charge in [-0.25, -0.2) is 4.98 Å². The molecular formula is C9H13N5OS. The van der Waals surface area contributed by atoms with E-state index in [1.54, 1.807) is 11.8 Å². The van der Waals surface area contributed by atoms with E-state index >= 15 is 0 Å². The number of nitrogens with zero attached hydrogens (tertiary/aromatic N) is 3. The highest BCUT2D eigenvalue weighted by molar-refractivity contribution is 7.99. The molecule has 0 aliphatic rings. The Hall–Kier alpha value is -1.63. The third kappa shape index (κ3) is 5.30. The maximum absolute atomic E-state index is 11.3. The van der Waals surface area contributed by atoms with Gasteiger partial charge in [-0.05, 0) is 0 Å². The van der Waals surface area contributed by atoms with E-state index in [-0.39, 0.29) is 5.91 Å². The Morgan fingerprint density at radius 2 is 2.25 bits per heavy atom. The minimum Gasteiger partial charge on any atom is -0.273 e. The van der Waals surface area contributed by atoms with Crippen molar-refractivity contribution < 1.29 is 4.79 Å². The summed E-state index contributed by atoms with van der Waals surface area (Å²) in [5.41, 5.74) is 5.09. The van der Waals surface area contributed by atoms with Crippen molar-refractivity contribution in [3.63, 3.8) is 0 Å². The molecule has 0 bridgehead atoms. The van der Waals surface area contributed by atoms with Crippen LogP contribution in [0.2, 0.25) is 0 Å². The minimum absolute atomic E-state index is 0.100. The van der Waals surface area contributed by atoms with Crippen molar-refractivity contribution in [1.29, 1.82) is 0 Å². The van der Waals surface area contributed by atoms with Gasteiger partial charge in [0, 0.05) is 17.9 Å². The van der Waals surface area contributed by atoms with Crippen LogP contribution in [0.5, 0.6) is 0 Å². The van der Waals surface area contributed by atoms with Crippen LogP contribution in [0.3, 0.4) is 0 Å². The number of thioether (sulfide) groups is 1. The lowest BCUT2D eigenvalue weighted by Crippen LogP contribution is -2.30. The molecule has 1 rings (SSSR count). The summed E-state index contributed by atoms with van der Waals surface area (Å²) in [6.45, 7) is 3.60. The second-order valence-electron chi connectivity index (χ2n) is 2.75. The van der Waals surface area contributed by atoms with Gasteiger partial charge in [0.2, 0.25) is 11.9 Å². The van der Waals surface area contributed by atoms with Gasteiger partial charge in [0.15, 0.2) is 0 Å². The largest absolute Gasteiger partial charge is 0.273 e. The molecule has 0 saturated heterocycles. The van der Waals surface area contributed by atoms with Crippen LogP contribution in [0.4, 0.5) is 5.95 Å². The standard InChI is InChI=1S/C9H13N5OS/c1-2-4-16-5-3-8(15)13-14-9-11-6-10-7-12-9/h2,6-7H,1,3-5H2,(H,13,15)(H,10,11,12,14). The fraction of sp³-hybridized carbons (Fsp3) is 0.333. The predicted octanol–water partition coefficient (Wildman–Crippen LogP) is 0.624. The summed E-state index contributed by atoms with van der Waals surface area (Å²) in [6, 6.07) is 0. The number of hydrazine groups is 1. The molecule has 0 aliphatic heterocycles. The highest BCUT2D eigenvalue weighted by atomic mass is 32.2. The monoisotopic (exact) mass is 239 g/mol. The van der Waals surface area contributed by atoms with Crippen LogP contribution in [0.1, 0.15) is 6.42 Å². The number of amides is 1. The number of aromatic nitrogens is 3. The van der Waals surface area contributed by atoms with Crippen LogP contribution in [0.15, 0.2) is 25.3 Å². The van der Waals surface area contributed by atoms with E-state index in [9.17, 15) is 4.79 Å². The summed E-state index contributed by atoms with van der Waals surface area (Å²) in [5.74, 6) is 1.84. The zero-order valence-electron chi connectivity index (χ0n) is 8.72. The van der Waals surface area contributed by atoms with Crippen molar-refractivity contribution in [2.24, 2.45) is 0 Å². The summed E-state index contributed by atoms with van der Waals surface area (Å²) in [6.07, 6.45) is 4.95. The highest BCUT2D eigenvalue weighted by Gasteiger charge is 2.00. The molecule has 0 aromatic carbocycles. The molecule has 0 unspecified atom stereocenters. The van der Waals surface area contributed by atoms with Gasteiger partial charge in [-0.2, -0.15) is 21.7 Å². The van der Waals surface area contributed by atoms with Crippen LogP contribution in [-0.2, 0) is 4.79 Å². The van der Waals surface area contributed by atoms with E-state index in [1.165, 1.54) is 12.7 Å². The molecule has 0 aliphatic carbocycles. The number of carbonyl (C=O) groups is 1. The second-order valence-corrected chi connectivity index (χ2v) is 3.90. The summed E-state index contributed by atoms with van der Waals surface area (Å²) in [7, 11) is 0. The molecule has 1 aromatic heterocycles. The average Bonchev–Trinajstić information content (AvgIpc) is 2.33. The lowest BCUT2D eigenvalue weighted by Gasteiger charge is -2.05. The topological polar surface area (TPSA) is 79.8 Å². The molecule has 1 amide bonds. The quantitative estimate of drug-likeness (QED) is 0.412. The first kappa shape index (κ1) is 12.4. The van der Waals surface area contributed by atoms with Crippen molar-refractivity contribution in [3.8, 4) is 0 Å². The van der Waals surface area contributed by atoms with Gasteiger partial charge >= 0.3 is 0 Å². The molecule has 0 fully saturated rings. The van der Waals surface area contributed by atoms with E-state index in [2.05, 4.69) is 32.4 Å². The molecule has 0 radical (unpaired) electrons. The van der Waals surface area contributed by atoms with Crippen LogP contribution in [-0.4, -0.2) is 32.4 Å². The third-order valence-corrected chi connectivity index (χ3v) is 2.48. The maximum atomic E-state index is 11.3. The number of nitrogens with one attached hydrogen (secondary N) is 2. The van der Waals surface area contributed by atoms with Crippen molar-refractivity contribution in [3.05, 3.63) is 25.3 Å². The van der Waals surface area contributed by atoms with Crippen molar-refractivity contribution in [2.45, 2.75) is 6.42 Å². The molecule has 2 N–H and O–H groups in total. The number of hydrogen-bond donors (Lipinski definition) is 2. The Morgan fingerprint density at radius 3 is 2.94 bits per heavy atom. The molecular weight excluding hydrogens is 226 g/mol. The van der Waals surface area contributed by atoms with Crippen molar-refractivity contribution in [1.82, 2.24) is 20.4 Å². The Labute approximate surface area is 97.9 Å². The first-order valence-electron chi connectivity index (χ1n) is 4.68. The van der Waals surface area contributed by atoms with E-state index in [0.29, 0.717) is 12.4 Å². The molecule has 6 nitrogen and oxygen atoms in total. The van der Waals surface area contributed by atoms with Crippen molar-refractivity contribution >= 4 is 23.6 Å². The number of rotatable bonds is 7. The summed E-state index contributed by atoms with van der Waals surface area (Å²) in [4.78, 5) is 22.5. The third-order valence-electron chi connectivity index (χ3n) is 1.52. The SMILES string of the molecule is C=CCSCCC(=O)NNc1ncncn1. The van der Waals surface area contributed by atoms with Gasteiger partial charge < -0.3 is 0 Å². The molecule has 0 atom stereocenters. The van der Waals surface area contributed by atoms with Gasteiger partial charge in [-0.15, -0.1) is 6.58 Å². The minimum atomic E-state index is -0.100. The lowest BCUT2D eigenvalue weighted by atomic mass is 10.5. The number of anilines is 1. The predicted molar refractivity (Wildman–Crippen MR) is 63.7 cm³/mol. The Kier molecular flexibility index (Phi) is 5.94. The summed E-state index contributed by atoms with van der Waals surface area (Å²) >= 11 is 1.66. The van der Waals surface area contributed by atoms with Gasteiger partial charge in [0.05, 0.1) is 0 Å². The lowest BCUT2D eigenvalue weighted by molar-refractivity contribution is -0.120. The van der Waals surface area contributed by atoms with E-state index < -0.39 is 0 Å². The molecule has 1 heterocycles. The second kappa shape index (κ2) is 7.63. The smallest absolute Gasteiger partial charge is 0.244 e. The average molecular weight is 239 g/mol. The molecule has 1 aromatic rings. The normalized spacial score (nSPS) is 9.50. The fourth-order valence-corrected chi connectivity index (χ4v) is 1.49. The molecule has 0 spiro atoms. The van der Waals surface area contributed by atoms with Gasteiger partial charge in [0.25, 0.3) is 0 Å². The maximum Gasteiger partial charge on any atom is 0.244 e.